The van der Waals surface area contributed by atoms with Crippen molar-refractivity contribution in [3.05, 3.63) is 22.9 Å². The minimum atomic E-state index is 0.244. The van der Waals surface area contributed by atoms with Crippen LogP contribution in [-0.4, -0.2) is 29.1 Å². The highest BCUT2D eigenvalue weighted by Crippen LogP contribution is 2.25. The Labute approximate surface area is 116 Å². The summed E-state index contributed by atoms with van der Waals surface area (Å²) in [6.07, 6.45) is 4.06. The Morgan fingerprint density at radius 3 is 2.89 bits per heavy atom. The molecule has 1 aromatic heterocycles. The summed E-state index contributed by atoms with van der Waals surface area (Å²) in [7, 11) is 0. The maximum absolute atomic E-state index is 8.58. The number of nitrogens with zero attached hydrogens (tertiary/aromatic N) is 3. The molecule has 0 amide bonds. The zero-order valence-electron chi connectivity index (χ0n) is 10.7. The van der Waals surface area contributed by atoms with Gasteiger partial charge in [0.1, 0.15) is 5.84 Å². The molecule has 0 saturated carbocycles. The fourth-order valence-corrected chi connectivity index (χ4v) is 2.18. The lowest BCUT2D eigenvalue weighted by Crippen LogP contribution is -2.31. The van der Waals surface area contributed by atoms with Crippen LogP contribution >= 0.6 is 15.9 Å². The monoisotopic (exact) mass is 314 g/mol. The number of amidine groups is 1. The second-order valence-electron chi connectivity index (χ2n) is 4.51. The van der Waals surface area contributed by atoms with Crippen LogP contribution in [0.4, 0.5) is 5.69 Å². The van der Waals surface area contributed by atoms with Crippen LogP contribution in [0.2, 0.25) is 0 Å². The molecule has 0 aliphatic rings. The minimum absolute atomic E-state index is 0.244. The van der Waals surface area contributed by atoms with Crippen molar-refractivity contribution >= 4 is 27.5 Å². The molecule has 0 spiro atoms. The maximum atomic E-state index is 8.58. The first kappa shape index (κ1) is 14.8. The zero-order valence-corrected chi connectivity index (χ0v) is 12.3. The first-order valence-corrected chi connectivity index (χ1v) is 6.64. The number of hydrogen-bond acceptors (Lipinski definition) is 4. The number of hydrogen-bond donors (Lipinski definition) is 2. The Bertz CT molecular complexity index is 409. The molecule has 0 aliphatic heterocycles. The third-order valence-electron chi connectivity index (χ3n) is 2.44. The summed E-state index contributed by atoms with van der Waals surface area (Å²) >= 11 is 3.50. The van der Waals surface area contributed by atoms with E-state index in [4.69, 9.17) is 10.9 Å². The van der Waals surface area contributed by atoms with E-state index in [1.807, 2.05) is 6.07 Å². The van der Waals surface area contributed by atoms with Crippen LogP contribution < -0.4 is 10.6 Å². The van der Waals surface area contributed by atoms with Crippen molar-refractivity contribution in [3.8, 4) is 0 Å². The third kappa shape index (κ3) is 4.52. The Balaban J connectivity index is 2.81. The Hall–Kier alpha value is -1.30. The summed E-state index contributed by atoms with van der Waals surface area (Å²) in [5, 5.41) is 11.6. The number of halogens is 1. The van der Waals surface area contributed by atoms with Crippen LogP contribution in [0.3, 0.4) is 0 Å². The lowest BCUT2D eigenvalue weighted by Gasteiger charge is -2.27. The highest BCUT2D eigenvalue weighted by atomic mass is 79.9. The van der Waals surface area contributed by atoms with E-state index >= 15 is 0 Å². The SMILES string of the molecule is CC(C)CN(CC/C(N)=N/O)c1ccncc1Br. The minimum Gasteiger partial charge on any atom is -0.409 e. The van der Waals surface area contributed by atoms with Crippen molar-refractivity contribution in [1.82, 2.24) is 4.98 Å². The van der Waals surface area contributed by atoms with Gasteiger partial charge in [-0.05, 0) is 27.9 Å². The van der Waals surface area contributed by atoms with Crippen molar-refractivity contribution in [2.75, 3.05) is 18.0 Å². The fraction of sp³-hybridized carbons (Fsp3) is 0.500. The van der Waals surface area contributed by atoms with E-state index < -0.39 is 0 Å². The average Bonchev–Trinajstić information content (AvgIpc) is 2.34. The summed E-state index contributed by atoms with van der Waals surface area (Å²) in [6.45, 7) is 5.93. The summed E-state index contributed by atoms with van der Waals surface area (Å²) in [4.78, 5) is 6.26. The number of rotatable bonds is 6. The van der Waals surface area contributed by atoms with Gasteiger partial charge in [0.25, 0.3) is 0 Å². The van der Waals surface area contributed by atoms with Crippen LogP contribution in [0.5, 0.6) is 0 Å². The highest BCUT2D eigenvalue weighted by molar-refractivity contribution is 9.10. The molecule has 0 unspecified atom stereocenters. The van der Waals surface area contributed by atoms with E-state index in [9.17, 15) is 0 Å². The molecule has 5 nitrogen and oxygen atoms in total. The van der Waals surface area contributed by atoms with Gasteiger partial charge in [-0.2, -0.15) is 0 Å². The van der Waals surface area contributed by atoms with Crippen molar-refractivity contribution in [3.63, 3.8) is 0 Å². The average molecular weight is 315 g/mol. The van der Waals surface area contributed by atoms with Gasteiger partial charge >= 0.3 is 0 Å². The topological polar surface area (TPSA) is 74.7 Å². The van der Waals surface area contributed by atoms with E-state index in [2.05, 4.69) is 44.8 Å². The van der Waals surface area contributed by atoms with E-state index in [0.717, 1.165) is 16.7 Å². The van der Waals surface area contributed by atoms with Gasteiger partial charge in [0, 0.05) is 31.9 Å². The number of nitrogens with two attached hydrogens (primary N) is 1. The van der Waals surface area contributed by atoms with Gasteiger partial charge in [-0.15, -0.1) is 0 Å². The predicted octanol–water partition coefficient (Wildman–Crippen LogP) is 2.44. The Morgan fingerprint density at radius 1 is 1.61 bits per heavy atom. The van der Waals surface area contributed by atoms with E-state index in [1.54, 1.807) is 12.4 Å². The normalized spacial score (nSPS) is 11.9. The van der Waals surface area contributed by atoms with Crippen molar-refractivity contribution in [2.45, 2.75) is 20.3 Å². The largest absolute Gasteiger partial charge is 0.409 e. The van der Waals surface area contributed by atoms with E-state index in [1.165, 1.54) is 0 Å². The van der Waals surface area contributed by atoms with Crippen LogP contribution in [0.15, 0.2) is 28.1 Å². The smallest absolute Gasteiger partial charge is 0.140 e. The summed E-state index contributed by atoms with van der Waals surface area (Å²) in [5.74, 6) is 0.770. The molecule has 100 valence electrons. The highest BCUT2D eigenvalue weighted by Gasteiger charge is 2.12. The third-order valence-corrected chi connectivity index (χ3v) is 3.05. The van der Waals surface area contributed by atoms with E-state index in [0.29, 0.717) is 18.9 Å². The molecule has 0 aromatic carbocycles. The van der Waals surface area contributed by atoms with Gasteiger partial charge in [-0.3, -0.25) is 4.98 Å². The molecule has 3 N–H and O–H groups in total. The Morgan fingerprint density at radius 2 is 2.33 bits per heavy atom. The number of anilines is 1. The van der Waals surface area contributed by atoms with Gasteiger partial charge < -0.3 is 15.8 Å². The molecular formula is C12H19BrN4O. The number of pyridine rings is 1. The van der Waals surface area contributed by atoms with Crippen LogP contribution in [0, 0.1) is 5.92 Å². The lowest BCUT2D eigenvalue weighted by molar-refractivity contribution is 0.317. The molecule has 0 fully saturated rings. The zero-order chi connectivity index (χ0) is 13.5. The van der Waals surface area contributed by atoms with Gasteiger partial charge in [-0.25, -0.2) is 0 Å². The molecule has 6 heteroatoms. The van der Waals surface area contributed by atoms with Gasteiger partial charge in [0.05, 0.1) is 10.2 Å². The quantitative estimate of drug-likeness (QED) is 0.366. The van der Waals surface area contributed by atoms with Crippen LogP contribution in [-0.2, 0) is 0 Å². The second kappa shape index (κ2) is 7.20. The fourth-order valence-electron chi connectivity index (χ4n) is 1.67. The molecule has 1 rings (SSSR count). The van der Waals surface area contributed by atoms with Crippen molar-refractivity contribution in [1.29, 1.82) is 0 Å². The van der Waals surface area contributed by atoms with Gasteiger partial charge in [0.2, 0.25) is 0 Å². The van der Waals surface area contributed by atoms with Crippen LogP contribution in [0.1, 0.15) is 20.3 Å². The Kier molecular flexibility index (Phi) is 5.91. The summed E-state index contributed by atoms with van der Waals surface area (Å²) in [5.41, 5.74) is 6.59. The van der Waals surface area contributed by atoms with E-state index in [-0.39, 0.29) is 5.84 Å². The number of oxime groups is 1. The van der Waals surface area contributed by atoms with Gasteiger partial charge in [0.15, 0.2) is 0 Å². The first-order chi connectivity index (χ1) is 8.54. The first-order valence-electron chi connectivity index (χ1n) is 5.85. The molecule has 0 bridgehead atoms. The van der Waals surface area contributed by atoms with Crippen LogP contribution in [0.25, 0.3) is 0 Å². The second-order valence-corrected chi connectivity index (χ2v) is 5.36. The molecule has 1 aromatic rings. The summed E-state index contributed by atoms with van der Waals surface area (Å²) in [6, 6.07) is 1.96. The maximum Gasteiger partial charge on any atom is 0.140 e. The molecule has 0 radical (unpaired) electrons. The predicted molar refractivity (Wildman–Crippen MR) is 77.0 cm³/mol. The van der Waals surface area contributed by atoms with Gasteiger partial charge in [-0.1, -0.05) is 19.0 Å². The van der Waals surface area contributed by atoms with Crippen molar-refractivity contribution in [2.24, 2.45) is 16.8 Å². The molecule has 0 saturated heterocycles. The molecule has 0 aliphatic carbocycles. The molecule has 18 heavy (non-hydrogen) atoms. The standard InChI is InChI=1S/C12H19BrN4O/c1-9(2)8-17(6-4-12(14)16-18)11-3-5-15-7-10(11)13/h3,5,7,9,18H,4,6,8H2,1-2H3,(H2,14,16). The number of aromatic nitrogens is 1. The molecule has 0 atom stereocenters. The summed E-state index contributed by atoms with van der Waals surface area (Å²) < 4.78 is 0.949. The lowest BCUT2D eigenvalue weighted by atomic mass is 10.2. The van der Waals surface area contributed by atoms with Crippen molar-refractivity contribution < 1.29 is 5.21 Å². The molecular weight excluding hydrogens is 296 g/mol. The molecule has 1 heterocycles.